The lowest BCUT2D eigenvalue weighted by Gasteiger charge is -2.13. The molecule has 0 radical (unpaired) electrons. The van der Waals surface area contributed by atoms with Gasteiger partial charge in [0.05, 0.1) is 5.69 Å². The molecular formula is C11H12N2O2. The van der Waals surface area contributed by atoms with Gasteiger partial charge in [-0.1, -0.05) is 18.2 Å². The molecule has 4 heteroatoms. The summed E-state index contributed by atoms with van der Waals surface area (Å²) < 4.78 is 5.20. The van der Waals surface area contributed by atoms with Gasteiger partial charge in [0.2, 0.25) is 0 Å². The molecule has 1 aliphatic rings. The molecule has 0 saturated carbocycles. The molecule has 0 aromatic heterocycles. The number of carbonyl (C=O) groups excluding carboxylic acids is 1. The number of rotatable bonds is 2. The minimum Gasteiger partial charge on any atom is -0.454 e. The summed E-state index contributed by atoms with van der Waals surface area (Å²) in [6.45, 7) is 2.59. The van der Waals surface area contributed by atoms with Crippen LogP contribution in [-0.4, -0.2) is 25.1 Å². The molecule has 1 fully saturated rings. The van der Waals surface area contributed by atoms with Gasteiger partial charge in [-0.25, -0.2) is 9.89 Å². The van der Waals surface area contributed by atoms with E-state index in [9.17, 15) is 4.79 Å². The van der Waals surface area contributed by atoms with E-state index in [2.05, 4.69) is 4.99 Å². The molecule has 1 aliphatic heterocycles. The Balaban J connectivity index is 2.34. The molecule has 4 nitrogen and oxygen atoms in total. The number of benzene rings is 1. The Labute approximate surface area is 88.2 Å². The molecule has 0 bridgehead atoms. The second kappa shape index (κ2) is 4.13. The standard InChI is InChI=1S/C11H12N2O2/c1-2-12-11-13(10(14)8-15-11)9-6-4-3-5-7-9/h3-7H,2,8H2,1H3. The van der Waals surface area contributed by atoms with E-state index in [0.717, 1.165) is 5.69 Å². The van der Waals surface area contributed by atoms with Crippen LogP contribution in [0.2, 0.25) is 0 Å². The Bertz CT molecular complexity index is 387. The van der Waals surface area contributed by atoms with Gasteiger partial charge in [-0.05, 0) is 19.1 Å². The first kappa shape index (κ1) is 9.71. The number of aliphatic imine (C=N–C) groups is 1. The number of anilines is 1. The number of hydrogen-bond acceptors (Lipinski definition) is 3. The average Bonchev–Trinajstić information content (AvgIpc) is 2.62. The highest BCUT2D eigenvalue weighted by Crippen LogP contribution is 2.18. The number of nitrogens with zero attached hydrogens (tertiary/aromatic N) is 2. The summed E-state index contributed by atoms with van der Waals surface area (Å²) in [7, 11) is 0. The van der Waals surface area contributed by atoms with Gasteiger partial charge < -0.3 is 4.74 Å². The van der Waals surface area contributed by atoms with Crippen LogP contribution in [0.5, 0.6) is 0 Å². The Morgan fingerprint density at radius 2 is 2.13 bits per heavy atom. The maximum Gasteiger partial charge on any atom is 0.299 e. The summed E-state index contributed by atoms with van der Waals surface area (Å²) in [5, 5.41) is 0. The van der Waals surface area contributed by atoms with Gasteiger partial charge in [-0.15, -0.1) is 0 Å². The van der Waals surface area contributed by atoms with Crippen LogP contribution in [0.25, 0.3) is 0 Å². The fourth-order valence-electron chi connectivity index (χ4n) is 1.45. The van der Waals surface area contributed by atoms with Crippen molar-refractivity contribution in [1.29, 1.82) is 0 Å². The normalized spacial score (nSPS) is 18.3. The first-order valence-electron chi connectivity index (χ1n) is 4.88. The number of para-hydroxylation sites is 1. The predicted molar refractivity (Wildman–Crippen MR) is 57.9 cm³/mol. The number of carbonyl (C=O) groups is 1. The monoisotopic (exact) mass is 204 g/mol. The molecule has 2 rings (SSSR count). The third-order valence-corrected chi connectivity index (χ3v) is 2.07. The molecule has 1 saturated heterocycles. The van der Waals surface area contributed by atoms with Crippen molar-refractivity contribution in [2.75, 3.05) is 18.1 Å². The molecule has 0 N–H and O–H groups in total. The van der Waals surface area contributed by atoms with E-state index in [1.165, 1.54) is 4.90 Å². The number of hydrogen-bond donors (Lipinski definition) is 0. The molecule has 1 heterocycles. The summed E-state index contributed by atoms with van der Waals surface area (Å²) in [5.41, 5.74) is 0.798. The molecular weight excluding hydrogens is 192 g/mol. The Morgan fingerprint density at radius 1 is 1.40 bits per heavy atom. The van der Waals surface area contributed by atoms with Crippen LogP contribution in [-0.2, 0) is 9.53 Å². The van der Waals surface area contributed by atoms with Gasteiger partial charge in [-0.3, -0.25) is 4.79 Å². The minimum absolute atomic E-state index is 0.0756. The van der Waals surface area contributed by atoms with Crippen molar-refractivity contribution >= 4 is 17.6 Å². The van der Waals surface area contributed by atoms with Crippen LogP contribution in [0, 0.1) is 0 Å². The Morgan fingerprint density at radius 3 is 2.80 bits per heavy atom. The van der Waals surface area contributed by atoms with Gasteiger partial charge in [-0.2, -0.15) is 0 Å². The molecule has 0 unspecified atom stereocenters. The first-order chi connectivity index (χ1) is 7.33. The van der Waals surface area contributed by atoms with Crippen LogP contribution in [0.15, 0.2) is 35.3 Å². The highest BCUT2D eigenvalue weighted by molar-refractivity contribution is 6.18. The van der Waals surface area contributed by atoms with Crippen LogP contribution in [0.3, 0.4) is 0 Å². The maximum absolute atomic E-state index is 11.6. The number of amidine groups is 1. The van der Waals surface area contributed by atoms with E-state index >= 15 is 0 Å². The van der Waals surface area contributed by atoms with Crippen LogP contribution in [0.4, 0.5) is 5.69 Å². The summed E-state index contributed by atoms with van der Waals surface area (Å²) in [4.78, 5) is 17.2. The zero-order chi connectivity index (χ0) is 10.7. The van der Waals surface area contributed by atoms with Gasteiger partial charge in [0, 0.05) is 6.54 Å². The van der Waals surface area contributed by atoms with Crippen molar-refractivity contribution in [3.63, 3.8) is 0 Å². The van der Waals surface area contributed by atoms with Crippen LogP contribution < -0.4 is 4.90 Å². The molecule has 0 aliphatic carbocycles. The quantitative estimate of drug-likeness (QED) is 0.731. The van der Waals surface area contributed by atoms with E-state index < -0.39 is 0 Å². The fourth-order valence-corrected chi connectivity index (χ4v) is 1.45. The SMILES string of the molecule is CCN=C1OCC(=O)N1c1ccccc1. The predicted octanol–water partition coefficient (Wildman–Crippen LogP) is 1.43. The Kier molecular flexibility index (Phi) is 2.67. The van der Waals surface area contributed by atoms with E-state index in [-0.39, 0.29) is 12.5 Å². The van der Waals surface area contributed by atoms with Crippen LogP contribution >= 0.6 is 0 Å². The van der Waals surface area contributed by atoms with E-state index in [1.807, 2.05) is 37.3 Å². The third kappa shape index (κ3) is 1.83. The highest BCUT2D eigenvalue weighted by atomic mass is 16.5. The zero-order valence-electron chi connectivity index (χ0n) is 8.51. The largest absolute Gasteiger partial charge is 0.454 e. The van der Waals surface area contributed by atoms with Gasteiger partial charge in [0.15, 0.2) is 6.61 Å². The average molecular weight is 204 g/mol. The molecule has 1 aromatic carbocycles. The molecule has 78 valence electrons. The topological polar surface area (TPSA) is 41.9 Å². The second-order valence-corrected chi connectivity index (χ2v) is 3.11. The molecule has 1 aromatic rings. The molecule has 0 atom stereocenters. The van der Waals surface area contributed by atoms with Crippen molar-refractivity contribution < 1.29 is 9.53 Å². The maximum atomic E-state index is 11.6. The molecule has 15 heavy (non-hydrogen) atoms. The van der Waals surface area contributed by atoms with Gasteiger partial charge in [0.1, 0.15) is 0 Å². The van der Waals surface area contributed by atoms with Crippen molar-refractivity contribution in [2.45, 2.75) is 6.92 Å². The molecule has 0 spiro atoms. The summed E-state index contributed by atoms with van der Waals surface area (Å²) in [6.07, 6.45) is 0. The zero-order valence-corrected chi connectivity index (χ0v) is 8.51. The van der Waals surface area contributed by atoms with E-state index in [0.29, 0.717) is 12.6 Å². The Hall–Kier alpha value is -1.84. The number of amides is 1. The lowest BCUT2D eigenvalue weighted by atomic mass is 10.3. The second-order valence-electron chi connectivity index (χ2n) is 3.11. The first-order valence-corrected chi connectivity index (χ1v) is 4.88. The van der Waals surface area contributed by atoms with E-state index in [1.54, 1.807) is 0 Å². The number of ether oxygens (including phenoxy) is 1. The van der Waals surface area contributed by atoms with Gasteiger partial charge >= 0.3 is 0 Å². The summed E-state index contributed by atoms with van der Waals surface area (Å²) in [5.74, 6) is -0.0756. The minimum atomic E-state index is -0.0756. The third-order valence-electron chi connectivity index (χ3n) is 2.07. The fraction of sp³-hybridized carbons (Fsp3) is 0.273. The lowest BCUT2D eigenvalue weighted by Crippen LogP contribution is -2.29. The smallest absolute Gasteiger partial charge is 0.299 e. The van der Waals surface area contributed by atoms with Crippen molar-refractivity contribution in [3.8, 4) is 0 Å². The molecule has 1 amide bonds. The van der Waals surface area contributed by atoms with Crippen molar-refractivity contribution in [3.05, 3.63) is 30.3 Å². The summed E-state index contributed by atoms with van der Waals surface area (Å²) >= 11 is 0. The van der Waals surface area contributed by atoms with Crippen molar-refractivity contribution in [2.24, 2.45) is 4.99 Å². The van der Waals surface area contributed by atoms with E-state index in [4.69, 9.17) is 4.74 Å². The van der Waals surface area contributed by atoms with Crippen molar-refractivity contribution in [1.82, 2.24) is 0 Å². The van der Waals surface area contributed by atoms with Gasteiger partial charge in [0.25, 0.3) is 11.9 Å². The van der Waals surface area contributed by atoms with Crippen LogP contribution in [0.1, 0.15) is 6.92 Å². The summed E-state index contributed by atoms with van der Waals surface area (Å²) in [6, 6.07) is 9.78. The highest BCUT2D eigenvalue weighted by Gasteiger charge is 2.30. The lowest BCUT2D eigenvalue weighted by molar-refractivity contribution is -0.117.